The molecule has 3 rings (SSSR count). The van der Waals surface area contributed by atoms with Gasteiger partial charge in [-0.05, 0) is 42.7 Å². The van der Waals surface area contributed by atoms with Crippen molar-refractivity contribution in [2.24, 2.45) is 5.73 Å². The molecule has 1 aliphatic carbocycles. The highest BCUT2D eigenvalue weighted by molar-refractivity contribution is 7.89. The molecular formula is C18H17Cl2N3O4S. The molecule has 2 amide bonds. The minimum absolute atomic E-state index is 0.0201. The summed E-state index contributed by atoms with van der Waals surface area (Å²) in [5.41, 5.74) is 6.19. The van der Waals surface area contributed by atoms with Gasteiger partial charge in [0.05, 0.1) is 15.6 Å². The number of hydrogen-bond acceptors (Lipinski definition) is 4. The molecule has 0 spiro atoms. The van der Waals surface area contributed by atoms with E-state index >= 15 is 0 Å². The average molecular weight is 442 g/mol. The van der Waals surface area contributed by atoms with Gasteiger partial charge in [-0.3, -0.25) is 9.59 Å². The van der Waals surface area contributed by atoms with Gasteiger partial charge in [-0.25, -0.2) is 13.1 Å². The van der Waals surface area contributed by atoms with Crippen LogP contribution in [0.1, 0.15) is 39.1 Å². The maximum atomic E-state index is 12.5. The molecule has 2 aromatic carbocycles. The Labute approximate surface area is 172 Å². The van der Waals surface area contributed by atoms with Crippen LogP contribution in [0.5, 0.6) is 0 Å². The van der Waals surface area contributed by atoms with Crippen molar-refractivity contribution >= 4 is 45.0 Å². The van der Waals surface area contributed by atoms with Gasteiger partial charge in [0.1, 0.15) is 4.90 Å². The minimum atomic E-state index is -3.85. The second-order valence-corrected chi connectivity index (χ2v) is 8.90. The van der Waals surface area contributed by atoms with Gasteiger partial charge in [0.25, 0.3) is 5.91 Å². The summed E-state index contributed by atoms with van der Waals surface area (Å²) in [6, 6.07) is 8.76. The van der Waals surface area contributed by atoms with Crippen LogP contribution >= 0.6 is 23.2 Å². The average Bonchev–Trinajstić information content (AvgIpc) is 3.43. The van der Waals surface area contributed by atoms with Crippen LogP contribution in [0.15, 0.2) is 41.3 Å². The maximum absolute atomic E-state index is 12.5. The highest BCUT2D eigenvalue weighted by atomic mass is 35.5. The van der Waals surface area contributed by atoms with E-state index in [0.717, 1.165) is 18.9 Å². The van der Waals surface area contributed by atoms with E-state index < -0.39 is 21.8 Å². The van der Waals surface area contributed by atoms with Crippen molar-refractivity contribution in [3.63, 3.8) is 0 Å². The fourth-order valence-electron chi connectivity index (χ4n) is 2.51. The van der Waals surface area contributed by atoms with Crippen molar-refractivity contribution in [1.82, 2.24) is 10.0 Å². The smallest absolute Gasteiger partial charge is 0.253 e. The lowest BCUT2D eigenvalue weighted by atomic mass is 10.1. The molecule has 28 heavy (non-hydrogen) atoms. The van der Waals surface area contributed by atoms with E-state index in [9.17, 15) is 18.0 Å². The molecule has 0 aromatic heterocycles. The lowest BCUT2D eigenvalue weighted by Crippen LogP contribution is -2.27. The molecule has 4 N–H and O–H groups in total. The zero-order chi connectivity index (χ0) is 20.5. The summed E-state index contributed by atoms with van der Waals surface area (Å²) in [6.07, 6.45) is 1.53. The lowest BCUT2D eigenvalue weighted by molar-refractivity contribution is 0.0950. The Morgan fingerprint density at radius 3 is 2.46 bits per heavy atom. The van der Waals surface area contributed by atoms with Crippen LogP contribution in [0.25, 0.3) is 0 Å². The number of halogens is 2. The van der Waals surface area contributed by atoms with Crippen molar-refractivity contribution < 1.29 is 18.0 Å². The Balaban J connectivity index is 1.80. The van der Waals surface area contributed by atoms with Crippen molar-refractivity contribution in [3.05, 3.63) is 63.1 Å². The topological polar surface area (TPSA) is 118 Å². The van der Waals surface area contributed by atoms with Gasteiger partial charge in [-0.1, -0.05) is 35.3 Å². The van der Waals surface area contributed by atoms with E-state index in [4.69, 9.17) is 28.9 Å². The van der Waals surface area contributed by atoms with Crippen LogP contribution in [-0.2, 0) is 16.6 Å². The van der Waals surface area contributed by atoms with E-state index in [0.29, 0.717) is 11.1 Å². The van der Waals surface area contributed by atoms with Crippen LogP contribution in [0.2, 0.25) is 10.0 Å². The number of amides is 2. The number of hydrogen-bond donors (Lipinski definition) is 3. The predicted octanol–water partition coefficient (Wildman–Crippen LogP) is 2.46. The molecule has 0 heterocycles. The quantitative estimate of drug-likeness (QED) is 0.611. The van der Waals surface area contributed by atoms with Crippen molar-refractivity contribution in [1.29, 1.82) is 0 Å². The monoisotopic (exact) mass is 441 g/mol. The van der Waals surface area contributed by atoms with Crippen LogP contribution in [-0.4, -0.2) is 26.3 Å². The number of nitrogens with one attached hydrogen (secondary N) is 2. The fourth-order valence-corrected chi connectivity index (χ4v) is 4.67. The first kappa shape index (κ1) is 20.6. The number of carbonyl (C=O) groups is 2. The molecule has 10 heteroatoms. The second-order valence-electron chi connectivity index (χ2n) is 6.41. The predicted molar refractivity (Wildman–Crippen MR) is 106 cm³/mol. The molecule has 1 saturated carbocycles. The van der Waals surface area contributed by atoms with Crippen molar-refractivity contribution in [2.45, 2.75) is 30.3 Å². The lowest BCUT2D eigenvalue weighted by Gasteiger charge is -2.12. The first-order valence-electron chi connectivity index (χ1n) is 8.35. The van der Waals surface area contributed by atoms with Gasteiger partial charge in [0.15, 0.2) is 0 Å². The summed E-state index contributed by atoms with van der Waals surface area (Å²) in [7, 11) is -3.85. The highest BCUT2D eigenvalue weighted by Crippen LogP contribution is 2.30. The number of benzene rings is 2. The molecule has 0 radical (unpaired) electrons. The van der Waals surface area contributed by atoms with Gasteiger partial charge in [-0.15, -0.1) is 0 Å². The SMILES string of the molecule is NC(=O)c1cccc(CNC(=O)c2cc(S(=O)(=O)NC3CC3)c(Cl)cc2Cl)c1. The van der Waals surface area contributed by atoms with E-state index in [2.05, 4.69) is 10.0 Å². The van der Waals surface area contributed by atoms with Gasteiger partial charge in [-0.2, -0.15) is 0 Å². The van der Waals surface area contributed by atoms with E-state index in [-0.39, 0.29) is 33.1 Å². The molecule has 0 atom stereocenters. The highest BCUT2D eigenvalue weighted by Gasteiger charge is 2.30. The van der Waals surface area contributed by atoms with E-state index in [1.807, 2.05) is 0 Å². The Morgan fingerprint density at radius 2 is 1.82 bits per heavy atom. The minimum Gasteiger partial charge on any atom is -0.366 e. The molecule has 0 unspecified atom stereocenters. The zero-order valence-corrected chi connectivity index (χ0v) is 16.9. The summed E-state index contributed by atoms with van der Waals surface area (Å²) >= 11 is 12.1. The maximum Gasteiger partial charge on any atom is 0.253 e. The summed E-state index contributed by atoms with van der Waals surface area (Å²) in [5.74, 6) is -1.15. The first-order chi connectivity index (χ1) is 13.2. The molecule has 1 fully saturated rings. The fraction of sp³-hybridized carbons (Fsp3) is 0.222. The Hall–Kier alpha value is -2.13. The van der Waals surface area contributed by atoms with Crippen molar-refractivity contribution in [2.75, 3.05) is 0 Å². The summed E-state index contributed by atoms with van der Waals surface area (Å²) in [6.45, 7) is 0.0985. The third-order valence-corrected chi connectivity index (χ3v) is 6.42. The first-order valence-corrected chi connectivity index (χ1v) is 10.6. The van der Waals surface area contributed by atoms with Gasteiger partial charge in [0, 0.05) is 18.2 Å². The number of primary amides is 1. The molecular weight excluding hydrogens is 425 g/mol. The molecule has 0 bridgehead atoms. The molecule has 148 valence electrons. The van der Waals surface area contributed by atoms with Crippen LogP contribution in [0.3, 0.4) is 0 Å². The van der Waals surface area contributed by atoms with Gasteiger partial charge in [0.2, 0.25) is 15.9 Å². The summed E-state index contributed by atoms with van der Waals surface area (Å²) < 4.78 is 27.4. The summed E-state index contributed by atoms with van der Waals surface area (Å²) in [4.78, 5) is 23.6. The van der Waals surface area contributed by atoms with Crippen LogP contribution < -0.4 is 15.8 Å². The van der Waals surface area contributed by atoms with Gasteiger partial charge >= 0.3 is 0 Å². The van der Waals surface area contributed by atoms with Crippen LogP contribution in [0, 0.1) is 0 Å². The third-order valence-electron chi connectivity index (χ3n) is 4.12. The number of sulfonamides is 1. The number of nitrogens with two attached hydrogens (primary N) is 1. The number of rotatable bonds is 7. The van der Waals surface area contributed by atoms with E-state index in [1.54, 1.807) is 24.3 Å². The Morgan fingerprint density at radius 1 is 1.11 bits per heavy atom. The normalized spacial score (nSPS) is 13.9. The zero-order valence-electron chi connectivity index (χ0n) is 14.5. The van der Waals surface area contributed by atoms with Crippen molar-refractivity contribution in [3.8, 4) is 0 Å². The number of carbonyl (C=O) groups excluding carboxylic acids is 2. The molecule has 7 nitrogen and oxygen atoms in total. The molecule has 2 aromatic rings. The molecule has 1 aliphatic rings. The second kappa shape index (κ2) is 8.08. The Bertz CT molecular complexity index is 1050. The van der Waals surface area contributed by atoms with Crippen LogP contribution in [0.4, 0.5) is 0 Å². The van der Waals surface area contributed by atoms with Gasteiger partial charge < -0.3 is 11.1 Å². The third kappa shape index (κ3) is 4.82. The Kier molecular flexibility index (Phi) is 5.95. The standard InChI is InChI=1S/C18H17Cl2N3O4S/c19-14-8-15(20)16(28(26,27)23-12-4-5-12)7-13(14)18(25)22-9-10-2-1-3-11(6-10)17(21)24/h1-3,6-8,12,23H,4-5,9H2,(H2,21,24)(H,22,25). The summed E-state index contributed by atoms with van der Waals surface area (Å²) in [5, 5.41) is 2.60. The molecule has 0 saturated heterocycles. The van der Waals surface area contributed by atoms with E-state index in [1.165, 1.54) is 6.07 Å². The largest absolute Gasteiger partial charge is 0.366 e. The molecule has 0 aliphatic heterocycles.